The largest absolute Gasteiger partial charge is 0.452 e. The second-order valence-corrected chi connectivity index (χ2v) is 8.74. The van der Waals surface area contributed by atoms with E-state index in [9.17, 15) is 9.59 Å². The number of benzene rings is 1. The summed E-state index contributed by atoms with van der Waals surface area (Å²) in [7, 11) is 0. The molecule has 0 unspecified atom stereocenters. The van der Waals surface area contributed by atoms with E-state index in [2.05, 4.69) is 17.3 Å². The molecule has 0 bridgehead atoms. The highest BCUT2D eigenvalue weighted by molar-refractivity contribution is 5.97. The average molecular weight is 457 g/mol. The van der Waals surface area contributed by atoms with Gasteiger partial charge in [0, 0.05) is 18.2 Å². The summed E-state index contributed by atoms with van der Waals surface area (Å²) in [5, 5.41) is 6.57. The van der Waals surface area contributed by atoms with Gasteiger partial charge in [0.2, 0.25) is 5.91 Å². The van der Waals surface area contributed by atoms with Crippen molar-refractivity contribution in [3.8, 4) is 0 Å². The van der Waals surface area contributed by atoms with Crippen molar-refractivity contribution in [3.05, 3.63) is 40.2 Å². The van der Waals surface area contributed by atoms with Crippen molar-refractivity contribution in [1.82, 2.24) is 0 Å². The Balaban J connectivity index is 1.62. The summed E-state index contributed by atoms with van der Waals surface area (Å²) >= 11 is 0. The van der Waals surface area contributed by atoms with Gasteiger partial charge < -0.3 is 21.3 Å². The van der Waals surface area contributed by atoms with Crippen molar-refractivity contribution in [1.29, 1.82) is 0 Å². The first kappa shape index (κ1) is 26.4. The molecule has 2 rings (SSSR count). The molecule has 0 fully saturated rings. The minimum atomic E-state index is -0.273. The predicted octanol–water partition coefficient (Wildman–Crippen LogP) is 5.79. The molecule has 0 aliphatic rings. The van der Waals surface area contributed by atoms with E-state index in [0.717, 1.165) is 12.8 Å². The van der Waals surface area contributed by atoms with Crippen LogP contribution in [0, 0.1) is 0 Å². The van der Waals surface area contributed by atoms with Gasteiger partial charge in [-0.25, -0.2) is 0 Å². The van der Waals surface area contributed by atoms with Crippen molar-refractivity contribution in [2.24, 2.45) is 16.7 Å². The third-order valence-corrected chi connectivity index (χ3v) is 5.91. The Hall–Kier alpha value is -2.83. The highest BCUT2D eigenvalue weighted by Gasteiger charge is 2.10. The second kappa shape index (κ2) is 15.1. The lowest BCUT2D eigenvalue weighted by atomic mass is 10.0. The molecule has 1 aromatic heterocycles. The number of unbranched alkanes of at least 4 members (excludes halogenated alkanes) is 12. The van der Waals surface area contributed by atoms with Crippen LogP contribution in [0.5, 0.6) is 0 Å². The molecule has 0 radical (unpaired) electrons. The molecule has 1 heterocycles. The molecule has 0 atom stereocenters. The Bertz CT molecular complexity index is 952. The van der Waals surface area contributed by atoms with Crippen LogP contribution in [-0.4, -0.2) is 11.7 Å². The van der Waals surface area contributed by atoms with Crippen LogP contribution in [0.15, 0.2) is 38.6 Å². The fraction of sp³-hybridized carbons (Fsp3) is 0.577. The number of nitrogens with one attached hydrogen (secondary N) is 1. The number of hydrazone groups is 1. The van der Waals surface area contributed by atoms with Crippen LogP contribution in [0.1, 0.15) is 103 Å². The van der Waals surface area contributed by atoms with Crippen LogP contribution >= 0.6 is 0 Å². The van der Waals surface area contributed by atoms with Gasteiger partial charge in [0.05, 0.1) is 5.39 Å². The average Bonchev–Trinajstić information content (AvgIpc) is 2.81. The molecule has 7 heteroatoms. The lowest BCUT2D eigenvalue weighted by Gasteiger charge is -2.07. The minimum Gasteiger partial charge on any atom is -0.452 e. The summed E-state index contributed by atoms with van der Waals surface area (Å²) in [4.78, 5) is 24.6. The zero-order valence-corrected chi connectivity index (χ0v) is 20.0. The van der Waals surface area contributed by atoms with Gasteiger partial charge >= 0.3 is 0 Å². The van der Waals surface area contributed by atoms with Crippen molar-refractivity contribution < 1.29 is 9.21 Å². The van der Waals surface area contributed by atoms with Gasteiger partial charge in [-0.3, -0.25) is 9.59 Å². The lowest BCUT2D eigenvalue weighted by molar-refractivity contribution is -0.116. The summed E-state index contributed by atoms with van der Waals surface area (Å²) in [5.74, 6) is 5.16. The Kier molecular flexibility index (Phi) is 12.1. The summed E-state index contributed by atoms with van der Waals surface area (Å²) in [6, 6.07) is 6.19. The number of rotatable bonds is 16. The van der Waals surface area contributed by atoms with Crippen LogP contribution in [0.25, 0.3) is 11.0 Å². The number of hydrogen-bond acceptors (Lipinski definition) is 5. The van der Waals surface area contributed by atoms with E-state index < -0.39 is 0 Å². The number of fused-ring (bicyclic) bond motifs is 1. The molecule has 0 aliphatic heterocycles. The highest BCUT2D eigenvalue weighted by atomic mass is 16.3. The molecular formula is C26H40N4O3. The quantitative estimate of drug-likeness (QED) is 0.0969. The molecule has 2 aromatic rings. The number of carbonyl (C=O) groups excluding carboxylic acids is 1. The minimum absolute atomic E-state index is 0.0436. The van der Waals surface area contributed by atoms with Gasteiger partial charge in [-0.1, -0.05) is 84.0 Å². The molecule has 0 spiro atoms. The first-order chi connectivity index (χ1) is 16.0. The molecule has 1 aromatic carbocycles. The molecule has 1 amide bonds. The number of nitrogens with two attached hydrogens (primary N) is 2. The van der Waals surface area contributed by atoms with Crippen LogP contribution < -0.4 is 22.3 Å². The maximum absolute atomic E-state index is 12.3. The Morgan fingerprint density at radius 2 is 1.48 bits per heavy atom. The number of hydrogen-bond donors (Lipinski definition) is 3. The van der Waals surface area contributed by atoms with E-state index >= 15 is 0 Å². The molecule has 0 aliphatic carbocycles. The van der Waals surface area contributed by atoms with E-state index in [0.29, 0.717) is 23.1 Å². The maximum atomic E-state index is 12.3. The van der Waals surface area contributed by atoms with E-state index in [1.165, 1.54) is 76.7 Å². The standard InChI is InChI=1S/C26H40N4O3/c1-2-3-4-5-6-7-8-9-10-11-12-13-14-15-25(32)29-20-16-17-23-21(18-20)22(31)19-24(33-23)26(27)30-28/h16-19H,2-15,28H2,1H3,(H2,27,30)(H,29,32). The van der Waals surface area contributed by atoms with Gasteiger partial charge in [-0.2, -0.15) is 5.10 Å². The Morgan fingerprint density at radius 1 is 0.909 bits per heavy atom. The predicted molar refractivity (Wildman–Crippen MR) is 136 cm³/mol. The van der Waals surface area contributed by atoms with Crippen LogP contribution in [0.4, 0.5) is 5.69 Å². The van der Waals surface area contributed by atoms with E-state index in [-0.39, 0.29) is 22.9 Å². The lowest BCUT2D eigenvalue weighted by Crippen LogP contribution is -2.18. The third-order valence-electron chi connectivity index (χ3n) is 5.91. The first-order valence-electron chi connectivity index (χ1n) is 12.5. The zero-order valence-electron chi connectivity index (χ0n) is 20.0. The van der Waals surface area contributed by atoms with Crippen molar-refractivity contribution in [3.63, 3.8) is 0 Å². The van der Waals surface area contributed by atoms with Gasteiger partial charge in [0.25, 0.3) is 0 Å². The topological polar surface area (TPSA) is 124 Å². The van der Waals surface area contributed by atoms with Crippen molar-refractivity contribution in [2.75, 3.05) is 5.32 Å². The number of amidine groups is 1. The summed E-state index contributed by atoms with van der Waals surface area (Å²) < 4.78 is 5.56. The molecule has 7 nitrogen and oxygen atoms in total. The van der Waals surface area contributed by atoms with Gasteiger partial charge in [-0.15, -0.1) is 0 Å². The smallest absolute Gasteiger partial charge is 0.224 e. The van der Waals surface area contributed by atoms with Gasteiger partial charge in [0.15, 0.2) is 17.0 Å². The summed E-state index contributed by atoms with van der Waals surface area (Å²) in [5.41, 5.74) is 6.27. The van der Waals surface area contributed by atoms with Gasteiger partial charge in [-0.05, 0) is 24.6 Å². The van der Waals surface area contributed by atoms with Crippen LogP contribution in [0.2, 0.25) is 0 Å². The van der Waals surface area contributed by atoms with E-state index in [1.807, 2.05) is 0 Å². The monoisotopic (exact) mass is 456 g/mol. The van der Waals surface area contributed by atoms with Gasteiger partial charge in [0.1, 0.15) is 5.58 Å². The SMILES string of the molecule is CCCCCCCCCCCCCCCC(=O)Nc1ccc2oc(C(N)=NN)cc(=O)c2c1. The normalized spacial score (nSPS) is 11.7. The molecule has 0 saturated heterocycles. The van der Waals surface area contributed by atoms with Crippen LogP contribution in [-0.2, 0) is 4.79 Å². The number of anilines is 1. The van der Waals surface area contributed by atoms with Crippen LogP contribution in [0.3, 0.4) is 0 Å². The second-order valence-electron chi connectivity index (χ2n) is 8.74. The molecular weight excluding hydrogens is 416 g/mol. The Morgan fingerprint density at radius 3 is 2.06 bits per heavy atom. The van der Waals surface area contributed by atoms with E-state index in [1.54, 1.807) is 18.2 Å². The first-order valence-corrected chi connectivity index (χ1v) is 12.5. The molecule has 5 N–H and O–H groups in total. The summed E-state index contributed by atoms with van der Waals surface area (Å²) in [6.07, 6.45) is 17.1. The fourth-order valence-electron chi connectivity index (χ4n) is 3.95. The summed E-state index contributed by atoms with van der Waals surface area (Å²) in [6.45, 7) is 2.26. The highest BCUT2D eigenvalue weighted by Crippen LogP contribution is 2.18. The zero-order chi connectivity index (χ0) is 23.9. The molecule has 0 saturated carbocycles. The van der Waals surface area contributed by atoms with Crippen molar-refractivity contribution in [2.45, 2.75) is 96.8 Å². The molecule has 182 valence electrons. The van der Waals surface area contributed by atoms with E-state index in [4.69, 9.17) is 16.0 Å². The fourth-order valence-corrected chi connectivity index (χ4v) is 3.95. The van der Waals surface area contributed by atoms with Crippen molar-refractivity contribution >= 4 is 28.4 Å². The number of nitrogens with zero attached hydrogens (tertiary/aromatic N) is 1. The Labute approximate surface area is 197 Å². The number of carbonyl (C=O) groups is 1. The maximum Gasteiger partial charge on any atom is 0.224 e. The number of amides is 1. The third kappa shape index (κ3) is 9.68. The molecule has 33 heavy (non-hydrogen) atoms.